The second-order valence-electron chi connectivity index (χ2n) is 4.15. The van der Waals surface area contributed by atoms with Gasteiger partial charge in [-0.05, 0) is 20.1 Å². The van der Waals surface area contributed by atoms with Crippen LogP contribution in [-0.4, -0.2) is 35.1 Å². The van der Waals surface area contributed by atoms with E-state index in [1.807, 2.05) is 25.6 Å². The van der Waals surface area contributed by atoms with Gasteiger partial charge < -0.3 is 4.90 Å². The van der Waals surface area contributed by atoms with Gasteiger partial charge in [0.05, 0.1) is 0 Å². The van der Waals surface area contributed by atoms with Crippen molar-refractivity contribution in [1.82, 2.24) is 9.97 Å². The van der Waals surface area contributed by atoms with Gasteiger partial charge in [-0.25, -0.2) is 9.97 Å². The lowest BCUT2D eigenvalue weighted by Gasteiger charge is -2.27. The fourth-order valence-electron chi connectivity index (χ4n) is 1.58. The Morgan fingerprint density at radius 2 is 2.06 bits per heavy atom. The maximum Gasteiger partial charge on any atom is 0.137 e. The molecular weight excluding hydrogens is 254 g/mol. The van der Waals surface area contributed by atoms with Crippen molar-refractivity contribution in [1.29, 1.82) is 0 Å². The van der Waals surface area contributed by atoms with Gasteiger partial charge >= 0.3 is 0 Å². The van der Waals surface area contributed by atoms with Crippen LogP contribution in [0.1, 0.15) is 25.2 Å². The van der Waals surface area contributed by atoms with Crippen LogP contribution >= 0.6 is 23.4 Å². The highest BCUT2D eigenvalue weighted by Gasteiger charge is 2.16. The molecule has 1 aromatic rings. The number of hydrogen-bond donors (Lipinski definition) is 0. The second-order valence-corrected chi connectivity index (χ2v) is 5.42. The molecule has 0 aliphatic carbocycles. The van der Waals surface area contributed by atoms with E-state index in [1.165, 1.54) is 0 Å². The van der Waals surface area contributed by atoms with E-state index in [0.717, 1.165) is 29.4 Å². The van der Waals surface area contributed by atoms with Crippen molar-refractivity contribution in [3.8, 4) is 0 Å². The van der Waals surface area contributed by atoms with Gasteiger partial charge in [0.2, 0.25) is 0 Å². The molecule has 1 heterocycles. The number of aromatic nitrogens is 2. The number of rotatable bonds is 5. The van der Waals surface area contributed by atoms with Gasteiger partial charge in [0.1, 0.15) is 16.8 Å². The lowest BCUT2D eigenvalue weighted by molar-refractivity contribution is 0.741. The van der Waals surface area contributed by atoms with Crippen molar-refractivity contribution in [2.24, 2.45) is 0 Å². The predicted molar refractivity (Wildman–Crippen MR) is 77.4 cm³/mol. The average Bonchev–Trinajstić information content (AvgIpc) is 2.31. The monoisotopic (exact) mass is 273 g/mol. The topological polar surface area (TPSA) is 29.0 Å². The number of nitrogens with zero attached hydrogens (tertiary/aromatic N) is 3. The summed E-state index contributed by atoms with van der Waals surface area (Å²) in [4.78, 5) is 11.0. The molecule has 96 valence electrons. The smallest absolute Gasteiger partial charge is 0.137 e. The standard InChI is InChI=1S/C12H20ClN3S/c1-6-10-14-11(13)9(3)12(15-10)16(4)8(2)7-17-5/h8H,6-7H2,1-5H3. The van der Waals surface area contributed by atoms with E-state index in [0.29, 0.717) is 11.2 Å². The summed E-state index contributed by atoms with van der Waals surface area (Å²) in [6.45, 7) is 6.20. The van der Waals surface area contributed by atoms with Crippen LogP contribution in [0.5, 0.6) is 0 Å². The van der Waals surface area contributed by atoms with E-state index in [4.69, 9.17) is 11.6 Å². The first kappa shape index (κ1) is 14.6. The minimum Gasteiger partial charge on any atom is -0.356 e. The van der Waals surface area contributed by atoms with Gasteiger partial charge in [-0.2, -0.15) is 11.8 Å². The minimum atomic E-state index is 0.430. The van der Waals surface area contributed by atoms with Crippen LogP contribution in [0.4, 0.5) is 5.82 Å². The third-order valence-corrected chi connectivity index (χ3v) is 4.01. The summed E-state index contributed by atoms with van der Waals surface area (Å²) in [6.07, 6.45) is 2.92. The van der Waals surface area contributed by atoms with Crippen LogP contribution in [-0.2, 0) is 6.42 Å². The molecule has 0 radical (unpaired) electrons. The fraction of sp³-hybridized carbons (Fsp3) is 0.667. The van der Waals surface area contributed by atoms with Crippen LogP contribution < -0.4 is 4.90 Å². The minimum absolute atomic E-state index is 0.430. The summed E-state index contributed by atoms with van der Waals surface area (Å²) < 4.78 is 0. The molecule has 0 aliphatic heterocycles. The number of halogens is 1. The number of hydrogen-bond acceptors (Lipinski definition) is 4. The molecule has 0 aliphatic rings. The van der Waals surface area contributed by atoms with Crippen molar-refractivity contribution in [3.05, 3.63) is 16.5 Å². The predicted octanol–water partition coefficient (Wildman–Crippen LogP) is 3.19. The summed E-state index contributed by atoms with van der Waals surface area (Å²) in [5.74, 6) is 2.82. The quantitative estimate of drug-likeness (QED) is 0.771. The Morgan fingerprint density at radius 1 is 1.41 bits per heavy atom. The molecule has 0 fully saturated rings. The molecule has 1 unspecified atom stereocenters. The average molecular weight is 274 g/mol. The van der Waals surface area contributed by atoms with Crippen molar-refractivity contribution < 1.29 is 0 Å². The molecule has 0 N–H and O–H groups in total. The third-order valence-electron chi connectivity index (χ3n) is 2.83. The molecule has 0 saturated carbocycles. The largest absolute Gasteiger partial charge is 0.356 e. The molecule has 0 aromatic carbocycles. The fourth-order valence-corrected chi connectivity index (χ4v) is 2.47. The van der Waals surface area contributed by atoms with Gasteiger partial charge in [0, 0.05) is 30.8 Å². The molecule has 0 saturated heterocycles. The summed E-state index contributed by atoms with van der Waals surface area (Å²) in [5, 5.41) is 0.565. The van der Waals surface area contributed by atoms with Gasteiger partial charge in [0.15, 0.2) is 0 Å². The molecule has 17 heavy (non-hydrogen) atoms. The Labute approximate surface area is 113 Å². The molecule has 1 rings (SSSR count). The van der Waals surface area contributed by atoms with E-state index in [1.54, 1.807) is 0 Å². The van der Waals surface area contributed by atoms with Gasteiger partial charge in [-0.1, -0.05) is 18.5 Å². The molecule has 0 spiro atoms. The van der Waals surface area contributed by atoms with Crippen LogP contribution in [0.15, 0.2) is 0 Å². The zero-order valence-electron chi connectivity index (χ0n) is 11.1. The molecular formula is C12H20ClN3S. The van der Waals surface area contributed by atoms with E-state index < -0.39 is 0 Å². The van der Waals surface area contributed by atoms with E-state index in [2.05, 4.69) is 35.1 Å². The Hall–Kier alpha value is -0.480. The second kappa shape index (κ2) is 6.45. The molecule has 5 heteroatoms. The van der Waals surface area contributed by atoms with Crippen LogP contribution in [0.25, 0.3) is 0 Å². The lowest BCUT2D eigenvalue weighted by Crippen LogP contribution is -2.32. The first-order chi connectivity index (χ1) is 8.01. The molecule has 1 aromatic heterocycles. The first-order valence-electron chi connectivity index (χ1n) is 5.76. The number of aryl methyl sites for hydroxylation is 1. The highest BCUT2D eigenvalue weighted by atomic mass is 35.5. The van der Waals surface area contributed by atoms with Crippen LogP contribution in [0, 0.1) is 6.92 Å². The molecule has 3 nitrogen and oxygen atoms in total. The molecule has 1 atom stereocenters. The Kier molecular flexibility index (Phi) is 5.53. The van der Waals surface area contributed by atoms with Crippen LogP contribution in [0.2, 0.25) is 5.15 Å². The maximum absolute atomic E-state index is 6.14. The highest BCUT2D eigenvalue weighted by Crippen LogP contribution is 2.24. The highest BCUT2D eigenvalue weighted by molar-refractivity contribution is 7.98. The van der Waals surface area contributed by atoms with Crippen molar-refractivity contribution in [3.63, 3.8) is 0 Å². The van der Waals surface area contributed by atoms with Crippen LogP contribution in [0.3, 0.4) is 0 Å². The lowest BCUT2D eigenvalue weighted by atomic mass is 10.2. The Balaban J connectivity index is 3.07. The summed E-state index contributed by atoms with van der Waals surface area (Å²) >= 11 is 7.98. The van der Waals surface area contributed by atoms with E-state index >= 15 is 0 Å². The van der Waals surface area contributed by atoms with Gasteiger partial charge in [0.25, 0.3) is 0 Å². The number of anilines is 1. The third kappa shape index (κ3) is 3.49. The zero-order valence-corrected chi connectivity index (χ0v) is 12.7. The van der Waals surface area contributed by atoms with Crippen molar-refractivity contribution in [2.75, 3.05) is 24.0 Å². The van der Waals surface area contributed by atoms with Gasteiger partial charge in [-0.15, -0.1) is 0 Å². The summed E-state index contributed by atoms with van der Waals surface area (Å²) in [7, 11) is 2.06. The molecule has 0 amide bonds. The normalized spacial score (nSPS) is 12.6. The molecule has 0 bridgehead atoms. The Morgan fingerprint density at radius 3 is 2.59 bits per heavy atom. The van der Waals surface area contributed by atoms with Gasteiger partial charge in [-0.3, -0.25) is 0 Å². The summed E-state index contributed by atoms with van der Waals surface area (Å²) in [6, 6.07) is 0.430. The van der Waals surface area contributed by atoms with E-state index in [9.17, 15) is 0 Å². The van der Waals surface area contributed by atoms with Crippen molar-refractivity contribution >= 4 is 29.2 Å². The zero-order chi connectivity index (χ0) is 13.0. The first-order valence-corrected chi connectivity index (χ1v) is 7.53. The van der Waals surface area contributed by atoms with Crippen molar-refractivity contribution in [2.45, 2.75) is 33.2 Å². The SMILES string of the molecule is CCc1nc(Cl)c(C)c(N(C)C(C)CSC)n1. The summed E-state index contributed by atoms with van der Waals surface area (Å²) in [5.41, 5.74) is 0.958. The van der Waals surface area contributed by atoms with E-state index in [-0.39, 0.29) is 0 Å². The Bertz CT molecular complexity index is 384. The number of thioether (sulfide) groups is 1. The maximum atomic E-state index is 6.14.